The molecule has 1 aromatic rings. The Morgan fingerprint density at radius 1 is 1.17 bits per heavy atom. The van der Waals surface area contributed by atoms with Gasteiger partial charge in [0.2, 0.25) is 5.75 Å². The third kappa shape index (κ3) is 0.895. The number of benzene rings is 1. The Balaban J connectivity index is 2.52. The summed E-state index contributed by atoms with van der Waals surface area (Å²) in [6.07, 6.45) is -4.41. The summed E-state index contributed by atoms with van der Waals surface area (Å²) in [5.74, 6) is -0.578. The molecular weight excluding hydrogens is 173 g/mol. The fraction of sp³-hybridized carbons (Fsp3) is 0.143. The molecule has 1 heterocycles. The van der Waals surface area contributed by atoms with Crippen LogP contribution in [0.4, 0.5) is 13.2 Å². The normalized spacial score (nSPS) is 13.6. The van der Waals surface area contributed by atoms with Crippen LogP contribution in [0.2, 0.25) is 0 Å². The van der Waals surface area contributed by atoms with Gasteiger partial charge in [0.25, 0.3) is 0 Å². The monoisotopic (exact) mass is 176 g/mol. The molecule has 0 aromatic heterocycles. The first kappa shape index (κ1) is 7.27. The topological polar surface area (TPSA) is 32.8 Å². The van der Waals surface area contributed by atoms with Gasteiger partial charge in [-0.15, -0.1) is 0 Å². The molecule has 64 valence electrons. The van der Waals surface area contributed by atoms with Gasteiger partial charge in [0.05, 0.1) is 0 Å². The molecule has 1 aromatic carbocycles. The molecule has 0 aliphatic carbocycles. The van der Waals surface area contributed by atoms with Crippen LogP contribution in [-0.2, 0) is 6.18 Å². The maximum Gasteiger partial charge on any atom is 0.420 e. The van der Waals surface area contributed by atoms with Crippen LogP contribution in [0.15, 0.2) is 12.1 Å². The van der Waals surface area contributed by atoms with E-state index in [0.29, 0.717) is 0 Å². The summed E-state index contributed by atoms with van der Waals surface area (Å²) in [6.45, 7) is 0. The summed E-state index contributed by atoms with van der Waals surface area (Å²) in [6, 6.07) is 1.76. The minimum Gasteiger partial charge on any atom is -0.504 e. The SMILES string of the molecule is Oc1ccc(C(F)(F)F)c2c1O2. The summed E-state index contributed by atoms with van der Waals surface area (Å²) >= 11 is 0. The van der Waals surface area contributed by atoms with Crippen molar-refractivity contribution in [2.45, 2.75) is 6.18 Å². The van der Waals surface area contributed by atoms with Crippen LogP contribution < -0.4 is 4.74 Å². The Kier molecular flexibility index (Phi) is 1.12. The van der Waals surface area contributed by atoms with Crippen LogP contribution in [0.3, 0.4) is 0 Å². The summed E-state index contributed by atoms with van der Waals surface area (Å²) < 4.78 is 40.6. The molecule has 0 radical (unpaired) electrons. The fourth-order valence-corrected chi connectivity index (χ4v) is 0.959. The number of phenolic OH excluding ortho intramolecular Hbond substituents is 1. The van der Waals surface area contributed by atoms with Crippen LogP contribution in [0.1, 0.15) is 5.56 Å². The first-order valence-electron chi connectivity index (χ1n) is 3.11. The Labute approximate surface area is 65.2 Å². The average Bonchev–Trinajstić information content (AvgIpc) is 2.64. The first-order valence-corrected chi connectivity index (χ1v) is 3.11. The highest BCUT2D eigenvalue weighted by Crippen LogP contribution is 2.57. The van der Waals surface area contributed by atoms with E-state index in [1.54, 1.807) is 0 Å². The van der Waals surface area contributed by atoms with E-state index in [1.165, 1.54) is 0 Å². The van der Waals surface area contributed by atoms with Gasteiger partial charge in [-0.1, -0.05) is 0 Å². The van der Waals surface area contributed by atoms with E-state index in [1.807, 2.05) is 0 Å². The smallest absolute Gasteiger partial charge is 0.420 e. The van der Waals surface area contributed by atoms with Gasteiger partial charge in [0.1, 0.15) is 5.56 Å². The second kappa shape index (κ2) is 1.85. The minimum atomic E-state index is -4.41. The predicted octanol–water partition coefficient (Wildman–Crippen LogP) is 2.52. The molecule has 0 saturated carbocycles. The van der Waals surface area contributed by atoms with Crippen LogP contribution >= 0.6 is 0 Å². The molecule has 12 heavy (non-hydrogen) atoms. The van der Waals surface area contributed by atoms with E-state index in [4.69, 9.17) is 5.11 Å². The highest BCUT2D eigenvalue weighted by Gasteiger charge is 2.42. The zero-order valence-electron chi connectivity index (χ0n) is 5.64. The molecule has 0 bridgehead atoms. The van der Waals surface area contributed by atoms with Crippen LogP contribution in [0, 0.1) is 0 Å². The molecular formula is C7H3F3O2. The standard InChI is InChI=1S/C7H3F3O2/c8-7(9,10)3-1-2-4(11)6-5(3)12-6/h1-2,11H. The third-order valence-corrected chi connectivity index (χ3v) is 1.56. The number of ether oxygens (including phenoxy) is 1. The van der Waals surface area contributed by atoms with Crippen molar-refractivity contribution >= 4 is 0 Å². The van der Waals surface area contributed by atoms with Crippen molar-refractivity contribution < 1.29 is 23.0 Å². The van der Waals surface area contributed by atoms with Crippen LogP contribution in [-0.4, -0.2) is 5.11 Å². The quantitative estimate of drug-likeness (QED) is 0.625. The lowest BCUT2D eigenvalue weighted by atomic mass is 10.2. The van der Waals surface area contributed by atoms with Gasteiger partial charge in [-0.2, -0.15) is 13.2 Å². The summed E-state index contributed by atoms with van der Waals surface area (Å²) in [4.78, 5) is 0. The molecule has 0 saturated heterocycles. The van der Waals surface area contributed by atoms with Gasteiger partial charge < -0.3 is 9.84 Å². The predicted molar refractivity (Wildman–Crippen MR) is 33.2 cm³/mol. The number of hydrogen-bond acceptors (Lipinski definition) is 2. The lowest BCUT2D eigenvalue weighted by Crippen LogP contribution is -2.02. The van der Waals surface area contributed by atoms with Gasteiger partial charge in [-0.05, 0) is 12.1 Å². The molecule has 0 fully saturated rings. The maximum absolute atomic E-state index is 12.1. The van der Waals surface area contributed by atoms with Crippen molar-refractivity contribution in [2.24, 2.45) is 0 Å². The Bertz CT molecular complexity index is 343. The van der Waals surface area contributed by atoms with E-state index in [-0.39, 0.29) is 17.2 Å². The summed E-state index contributed by atoms with van der Waals surface area (Å²) in [5, 5.41) is 8.87. The maximum atomic E-state index is 12.1. The van der Waals surface area contributed by atoms with Gasteiger partial charge in [0, 0.05) is 0 Å². The van der Waals surface area contributed by atoms with E-state index >= 15 is 0 Å². The third-order valence-electron chi connectivity index (χ3n) is 1.56. The molecule has 0 atom stereocenters. The highest BCUT2D eigenvalue weighted by atomic mass is 19.4. The number of phenols is 1. The molecule has 0 spiro atoms. The second-order valence-corrected chi connectivity index (χ2v) is 2.39. The first-order chi connectivity index (χ1) is 5.50. The van der Waals surface area contributed by atoms with Gasteiger partial charge in [-0.3, -0.25) is 0 Å². The molecule has 0 amide bonds. The molecule has 2 nitrogen and oxygen atoms in total. The van der Waals surface area contributed by atoms with Gasteiger partial charge >= 0.3 is 6.18 Å². The van der Waals surface area contributed by atoms with Gasteiger partial charge in [-0.25, -0.2) is 0 Å². The van der Waals surface area contributed by atoms with Crippen molar-refractivity contribution in [3.63, 3.8) is 0 Å². The summed E-state index contributed by atoms with van der Waals surface area (Å²) in [7, 11) is 0. The number of halogens is 3. The van der Waals surface area contributed by atoms with Crippen LogP contribution in [0.25, 0.3) is 0 Å². The lowest BCUT2D eigenvalue weighted by Gasteiger charge is -2.02. The molecule has 1 aliphatic heterocycles. The van der Waals surface area contributed by atoms with Crippen LogP contribution in [0.5, 0.6) is 17.2 Å². The molecule has 2 rings (SSSR count). The van der Waals surface area contributed by atoms with Crippen molar-refractivity contribution in [3.8, 4) is 17.2 Å². The Hall–Kier alpha value is -1.39. The number of hydrogen-bond donors (Lipinski definition) is 1. The minimum absolute atomic E-state index is 0.0650. The Morgan fingerprint density at radius 3 is 2.42 bits per heavy atom. The van der Waals surface area contributed by atoms with Crippen molar-refractivity contribution in [1.82, 2.24) is 0 Å². The largest absolute Gasteiger partial charge is 0.504 e. The number of fused-ring (bicyclic) bond motifs is 1. The summed E-state index contributed by atoms with van der Waals surface area (Å²) in [5.41, 5.74) is -0.838. The van der Waals surface area contributed by atoms with Crippen molar-refractivity contribution in [2.75, 3.05) is 0 Å². The van der Waals surface area contributed by atoms with E-state index < -0.39 is 11.7 Å². The van der Waals surface area contributed by atoms with Crippen molar-refractivity contribution in [1.29, 1.82) is 0 Å². The molecule has 1 aliphatic rings. The van der Waals surface area contributed by atoms with E-state index in [2.05, 4.69) is 4.74 Å². The molecule has 0 unspecified atom stereocenters. The number of aromatic hydroxyl groups is 1. The average molecular weight is 176 g/mol. The fourth-order valence-electron chi connectivity index (χ4n) is 0.959. The van der Waals surface area contributed by atoms with E-state index in [9.17, 15) is 13.2 Å². The van der Waals surface area contributed by atoms with Gasteiger partial charge in [0.15, 0.2) is 11.5 Å². The van der Waals surface area contributed by atoms with Crippen molar-refractivity contribution in [3.05, 3.63) is 17.7 Å². The zero-order chi connectivity index (χ0) is 8.93. The lowest BCUT2D eigenvalue weighted by molar-refractivity contribution is -0.137. The highest BCUT2D eigenvalue weighted by molar-refractivity contribution is 5.67. The second-order valence-electron chi connectivity index (χ2n) is 2.39. The number of alkyl halides is 3. The van der Waals surface area contributed by atoms with E-state index in [0.717, 1.165) is 12.1 Å². The zero-order valence-corrected chi connectivity index (χ0v) is 5.64. The molecule has 1 N–H and O–H groups in total. The Morgan fingerprint density at radius 2 is 1.83 bits per heavy atom. The molecule has 5 heteroatoms. The number of rotatable bonds is 0.